The number of aryl methyl sites for hydroxylation is 12. The van der Waals surface area contributed by atoms with Crippen LogP contribution in [0.3, 0.4) is 0 Å². The van der Waals surface area contributed by atoms with E-state index < -0.39 is 0 Å². The largest absolute Gasteiger partial charge is 0.354 e. The number of H-pyrrole nitrogens is 2. The van der Waals surface area contributed by atoms with Gasteiger partial charge in [-0.3, -0.25) is 0 Å². The maximum Gasteiger partial charge on any atom is 0.0737 e. The number of nitrogens with one attached hydrogen (secondary N) is 2. The van der Waals surface area contributed by atoms with Crippen LogP contribution >= 0.6 is 0 Å². The Morgan fingerprint density at radius 2 is 0.488 bits per heavy atom. The van der Waals surface area contributed by atoms with E-state index in [0.29, 0.717) is 0 Å². The first-order chi connectivity index (χ1) is 41.6. The lowest BCUT2D eigenvalue weighted by Gasteiger charge is -2.17. The van der Waals surface area contributed by atoms with Gasteiger partial charge in [0.15, 0.2) is 0 Å². The highest BCUT2D eigenvalue weighted by Crippen LogP contribution is 2.39. The Morgan fingerprint density at radius 3 is 0.767 bits per heavy atom. The van der Waals surface area contributed by atoms with E-state index in [4.69, 9.17) is 9.98 Å². The van der Waals surface area contributed by atoms with Crippen LogP contribution in [0.4, 0.5) is 0 Å². The van der Waals surface area contributed by atoms with Gasteiger partial charge in [0, 0.05) is 56.2 Å². The van der Waals surface area contributed by atoms with E-state index in [1.807, 2.05) is 0 Å². The van der Waals surface area contributed by atoms with Gasteiger partial charge in [-0.15, -0.1) is 0 Å². The molecule has 0 saturated carbocycles. The number of aliphatic imine (C=N–C) groups is 2. The summed E-state index contributed by atoms with van der Waals surface area (Å²) in [5.41, 5.74) is 36.0. The summed E-state index contributed by atoms with van der Waals surface area (Å²) in [4.78, 5) is 19.5. The average Bonchev–Trinajstić information content (AvgIpc) is 2.56. The Balaban J connectivity index is 1.17. The molecular formula is C82H72N4. The molecule has 15 rings (SSSR count). The van der Waals surface area contributed by atoms with E-state index >= 15 is 0 Å². The van der Waals surface area contributed by atoms with Gasteiger partial charge in [0.1, 0.15) is 0 Å². The van der Waals surface area contributed by atoms with Crippen molar-refractivity contribution in [2.75, 3.05) is 0 Å². The molecule has 8 aromatic carbocycles. The Hall–Kier alpha value is -9.90. The molecule has 10 aromatic rings. The zero-order chi connectivity index (χ0) is 59.7. The highest BCUT2D eigenvalue weighted by molar-refractivity contribution is 6.32. The van der Waals surface area contributed by atoms with Crippen LogP contribution < -0.4 is 20.9 Å². The minimum Gasteiger partial charge on any atom is -0.354 e. The lowest BCUT2D eigenvalue weighted by atomic mass is 9.88. The molecule has 0 radical (unpaired) electrons. The van der Waals surface area contributed by atoms with Crippen molar-refractivity contribution in [3.8, 4) is 0 Å². The van der Waals surface area contributed by atoms with Gasteiger partial charge in [-0.1, -0.05) is 180 Å². The van der Waals surface area contributed by atoms with Crippen LogP contribution in [-0.2, 0) is 0 Å². The third-order valence-corrected chi connectivity index (χ3v) is 17.5. The van der Waals surface area contributed by atoms with Crippen LogP contribution in [0.2, 0.25) is 0 Å². The third-order valence-electron chi connectivity index (χ3n) is 17.5. The van der Waals surface area contributed by atoms with Crippen LogP contribution in [-0.4, -0.2) is 21.4 Å². The van der Waals surface area contributed by atoms with E-state index in [-0.39, 0.29) is 0 Å². The molecule has 86 heavy (non-hydrogen) atoms. The van der Waals surface area contributed by atoms with Gasteiger partial charge in [0.25, 0.3) is 0 Å². The first-order valence-electron chi connectivity index (χ1n) is 30.1. The van der Waals surface area contributed by atoms with Crippen molar-refractivity contribution in [3.63, 3.8) is 0 Å². The zero-order valence-electron chi connectivity index (χ0n) is 51.5. The number of aromatic nitrogens is 2. The van der Waals surface area contributed by atoms with E-state index in [1.54, 1.807) is 0 Å². The molecule has 7 heterocycles. The summed E-state index contributed by atoms with van der Waals surface area (Å²) in [7, 11) is 0. The van der Waals surface area contributed by atoms with Crippen molar-refractivity contribution in [2.24, 2.45) is 9.98 Å². The maximum atomic E-state index is 5.71. The summed E-state index contributed by atoms with van der Waals surface area (Å²) in [6, 6.07) is 67.4. The predicted octanol–water partition coefficient (Wildman–Crippen LogP) is 16.2. The summed E-state index contributed by atoms with van der Waals surface area (Å²) in [6.07, 6.45) is 8.84. The van der Waals surface area contributed by atoms with Gasteiger partial charge in [-0.05, 0) is 230 Å². The van der Waals surface area contributed by atoms with Crippen LogP contribution in [0.25, 0.3) is 33.4 Å². The van der Waals surface area contributed by atoms with E-state index in [9.17, 15) is 0 Å². The first kappa shape index (κ1) is 55.3. The maximum absolute atomic E-state index is 5.71. The molecule has 0 saturated heterocycles. The van der Waals surface area contributed by atoms with Gasteiger partial charge < -0.3 is 9.97 Å². The van der Waals surface area contributed by atoms with Crippen molar-refractivity contribution in [1.29, 1.82) is 0 Å². The Morgan fingerprint density at radius 1 is 0.244 bits per heavy atom. The molecule has 0 atom stereocenters. The Kier molecular flexibility index (Phi) is 14.3. The zero-order valence-corrected chi connectivity index (χ0v) is 51.5. The number of benzene rings is 8. The van der Waals surface area contributed by atoms with Gasteiger partial charge in [-0.2, -0.15) is 0 Å². The summed E-state index contributed by atoms with van der Waals surface area (Å²) in [5.74, 6) is 0. The number of hydrogen-bond donors (Lipinski definition) is 2. The van der Waals surface area contributed by atoms with Crippen molar-refractivity contribution < 1.29 is 0 Å². The molecule has 0 unspecified atom stereocenters. The summed E-state index contributed by atoms with van der Waals surface area (Å²) in [5, 5.41) is 4.46. The van der Waals surface area contributed by atoms with Crippen LogP contribution in [0, 0.1) is 83.1 Å². The van der Waals surface area contributed by atoms with Gasteiger partial charge >= 0.3 is 0 Å². The molecule has 12 bridgehead atoms. The number of allylic oxidation sites excluding steroid dienone is 4. The predicted molar refractivity (Wildman–Crippen MR) is 362 cm³/mol. The van der Waals surface area contributed by atoms with Crippen LogP contribution in [0.15, 0.2) is 228 Å². The topological polar surface area (TPSA) is 56.3 Å². The third kappa shape index (κ3) is 10.1. The molecule has 0 aliphatic carbocycles. The number of aromatic amines is 2. The van der Waals surface area contributed by atoms with Crippen LogP contribution in [0.1, 0.15) is 123 Å². The fourth-order valence-electron chi connectivity index (χ4n) is 14.4. The quantitative estimate of drug-likeness (QED) is 0.167. The molecule has 4 nitrogen and oxygen atoms in total. The molecule has 0 spiro atoms. The molecule has 5 aliphatic heterocycles. The van der Waals surface area contributed by atoms with Gasteiger partial charge in [-0.25, -0.2) is 9.98 Å². The second-order valence-corrected chi connectivity index (χ2v) is 24.2. The molecule has 0 amide bonds. The van der Waals surface area contributed by atoms with Crippen molar-refractivity contribution >= 4 is 44.9 Å². The second kappa shape index (κ2) is 22.3. The second-order valence-electron chi connectivity index (χ2n) is 24.2. The minimum atomic E-state index is 0.886. The molecule has 420 valence electrons. The number of rotatable bonds is 6. The van der Waals surface area contributed by atoms with E-state index in [2.05, 4.69) is 299 Å². The molecule has 0 fully saturated rings. The molecule has 2 N–H and O–H groups in total. The molecule has 2 aromatic heterocycles. The normalized spacial score (nSPS) is 14.1. The fourth-order valence-corrected chi connectivity index (χ4v) is 14.4. The summed E-state index contributed by atoms with van der Waals surface area (Å²) >= 11 is 0. The highest BCUT2D eigenvalue weighted by Gasteiger charge is 2.26. The standard InChI is InChI=1S/C82H72N4/c1-47-39-51(5)73(52(6)40-47)79-61-23-27-63(28-24-61)81(75-55(9)43-49(3)44-56(75)10)71-37-38-72(86-71)82(76-57(11)45-50(4)46-58(76)12)64-29-25-62(26-30-64)80(74-53(7)41-48(2)42-54(74)8)70-36-34-68(85-70)78(60-21-17-14-18-22-60)66-32-31-65(83-66)77(59-19-15-13-16-20-59)67-33-35-69(79)84-67/h13-46,83,86H,1-12H3. The fraction of sp³-hybridized carbons (Fsp3) is 0.146. The van der Waals surface area contributed by atoms with E-state index in [1.165, 1.54) is 89.0 Å². The summed E-state index contributed by atoms with van der Waals surface area (Å²) < 4.78 is 0. The Labute approximate surface area is 506 Å². The minimum absolute atomic E-state index is 0.886. The molecule has 4 heteroatoms. The van der Waals surface area contributed by atoms with Crippen molar-refractivity contribution in [3.05, 3.63) is 361 Å². The lowest BCUT2D eigenvalue weighted by Crippen LogP contribution is -2.19. The average molecular weight is 1110 g/mol. The smallest absolute Gasteiger partial charge is 0.0737 e. The van der Waals surface area contributed by atoms with Crippen molar-refractivity contribution in [2.45, 2.75) is 83.1 Å². The van der Waals surface area contributed by atoms with Gasteiger partial charge in [0.05, 0.1) is 22.8 Å². The first-order valence-corrected chi connectivity index (χ1v) is 30.1. The highest BCUT2D eigenvalue weighted by atomic mass is 14.8. The SMILES string of the molecule is Cc1cc(C)c(C2=c3ccc(cc3)=C(c3c(C)cc(C)cc3C)c3ccc([nH]3)C(c3c(C)cc(C)cc3C)=c3ccc(cc3)=C(c3c(C)cc(C)cc3C)C3=NC(=C(c4ccccc4)c4ccc([nH]4)C(c4ccccc4)=C4C=CC2=N4)C=C3)c(C)c1. The van der Waals surface area contributed by atoms with Crippen LogP contribution in [0.5, 0.6) is 0 Å². The lowest BCUT2D eigenvalue weighted by molar-refractivity contribution is 1.23. The number of nitrogens with zero attached hydrogens (tertiary/aromatic N) is 2. The monoisotopic (exact) mass is 1110 g/mol. The Bertz CT molecular complexity index is 4510. The number of hydrogen-bond acceptors (Lipinski definition) is 2. The van der Waals surface area contributed by atoms with Crippen molar-refractivity contribution in [1.82, 2.24) is 9.97 Å². The summed E-state index contributed by atoms with van der Waals surface area (Å²) in [6.45, 7) is 26.8. The van der Waals surface area contributed by atoms with Gasteiger partial charge in [0.2, 0.25) is 0 Å². The van der Waals surface area contributed by atoms with E-state index in [0.717, 1.165) is 111 Å². The number of fused-ring (bicyclic) bond motifs is 2. The molecular weight excluding hydrogens is 1040 g/mol. The molecule has 5 aliphatic rings.